The molecule has 0 aliphatic carbocycles. The van der Waals surface area contributed by atoms with Crippen LogP contribution in [0.3, 0.4) is 0 Å². The molecule has 0 aromatic heterocycles. The number of carbonyl (C=O) groups is 2. The lowest BCUT2D eigenvalue weighted by molar-refractivity contribution is -0.151. The Hall–Kier alpha value is -1.10. The van der Waals surface area contributed by atoms with Crippen molar-refractivity contribution in [1.82, 2.24) is 10.2 Å². The number of nitrogens with zero attached hydrogens (tertiary/aromatic N) is 1. The SMILES string of the molecule is CCNC(C)CC(=O)N1CCC(C(=O)O)(C(C)C)C1. The van der Waals surface area contributed by atoms with Crippen LogP contribution >= 0.6 is 0 Å². The molecule has 0 spiro atoms. The van der Waals surface area contributed by atoms with Crippen LogP contribution in [0.1, 0.15) is 40.5 Å². The van der Waals surface area contributed by atoms with Crippen molar-refractivity contribution in [1.29, 1.82) is 0 Å². The Kier molecular flexibility index (Phi) is 5.35. The number of amides is 1. The molecule has 2 N–H and O–H groups in total. The minimum atomic E-state index is -0.780. The van der Waals surface area contributed by atoms with Crippen molar-refractivity contribution in [3.05, 3.63) is 0 Å². The topological polar surface area (TPSA) is 69.6 Å². The summed E-state index contributed by atoms with van der Waals surface area (Å²) in [6, 6.07) is 0.136. The Bertz CT molecular complexity index is 344. The van der Waals surface area contributed by atoms with Gasteiger partial charge in [0.05, 0.1) is 5.41 Å². The predicted molar refractivity (Wildman–Crippen MR) is 73.9 cm³/mol. The van der Waals surface area contributed by atoms with Crippen molar-refractivity contribution in [2.24, 2.45) is 11.3 Å². The summed E-state index contributed by atoms with van der Waals surface area (Å²) in [5.74, 6) is -0.691. The molecule has 1 saturated heterocycles. The van der Waals surface area contributed by atoms with Crippen molar-refractivity contribution in [2.45, 2.75) is 46.6 Å². The highest BCUT2D eigenvalue weighted by atomic mass is 16.4. The highest BCUT2D eigenvalue weighted by Crippen LogP contribution is 2.38. The van der Waals surface area contributed by atoms with Gasteiger partial charge in [0, 0.05) is 25.6 Å². The maximum Gasteiger partial charge on any atom is 0.311 e. The van der Waals surface area contributed by atoms with E-state index >= 15 is 0 Å². The van der Waals surface area contributed by atoms with E-state index < -0.39 is 11.4 Å². The highest BCUT2D eigenvalue weighted by Gasteiger charge is 2.48. The molecule has 5 nitrogen and oxygen atoms in total. The number of carboxylic acids is 1. The van der Waals surface area contributed by atoms with Crippen molar-refractivity contribution in [3.63, 3.8) is 0 Å². The zero-order valence-corrected chi connectivity index (χ0v) is 12.4. The van der Waals surface area contributed by atoms with E-state index in [1.807, 2.05) is 27.7 Å². The van der Waals surface area contributed by atoms with Crippen LogP contribution in [0.5, 0.6) is 0 Å². The number of carboxylic acid groups (broad SMARTS) is 1. The van der Waals surface area contributed by atoms with Gasteiger partial charge in [-0.3, -0.25) is 9.59 Å². The van der Waals surface area contributed by atoms with Crippen LogP contribution in [0.4, 0.5) is 0 Å². The molecule has 5 heteroatoms. The van der Waals surface area contributed by atoms with Gasteiger partial charge >= 0.3 is 5.97 Å². The van der Waals surface area contributed by atoms with Crippen molar-refractivity contribution >= 4 is 11.9 Å². The first-order valence-electron chi connectivity index (χ1n) is 7.08. The summed E-state index contributed by atoms with van der Waals surface area (Å²) in [7, 11) is 0. The van der Waals surface area contributed by atoms with E-state index in [9.17, 15) is 14.7 Å². The molecular formula is C14H26N2O3. The Labute approximate surface area is 115 Å². The Balaban J connectivity index is 2.64. The van der Waals surface area contributed by atoms with Gasteiger partial charge in [-0.1, -0.05) is 20.8 Å². The van der Waals surface area contributed by atoms with Crippen LogP contribution in [0.25, 0.3) is 0 Å². The third-order valence-corrected chi connectivity index (χ3v) is 4.22. The average molecular weight is 270 g/mol. The lowest BCUT2D eigenvalue weighted by Crippen LogP contribution is -2.41. The summed E-state index contributed by atoms with van der Waals surface area (Å²) in [6.45, 7) is 9.56. The van der Waals surface area contributed by atoms with Crippen molar-refractivity contribution in [3.8, 4) is 0 Å². The molecule has 1 aliphatic rings. The number of hydrogen-bond donors (Lipinski definition) is 2. The molecule has 1 amide bonds. The average Bonchev–Trinajstić information content (AvgIpc) is 2.75. The van der Waals surface area contributed by atoms with Crippen LogP contribution in [-0.4, -0.2) is 47.6 Å². The maximum absolute atomic E-state index is 12.2. The van der Waals surface area contributed by atoms with E-state index in [4.69, 9.17) is 0 Å². The van der Waals surface area contributed by atoms with E-state index in [2.05, 4.69) is 5.32 Å². The summed E-state index contributed by atoms with van der Waals surface area (Å²) in [5.41, 5.74) is -0.767. The Morgan fingerprint density at radius 1 is 1.37 bits per heavy atom. The van der Waals surface area contributed by atoms with E-state index in [0.29, 0.717) is 25.9 Å². The van der Waals surface area contributed by atoms with Gasteiger partial charge in [0.2, 0.25) is 5.91 Å². The third-order valence-electron chi connectivity index (χ3n) is 4.22. The summed E-state index contributed by atoms with van der Waals surface area (Å²) < 4.78 is 0. The lowest BCUT2D eigenvalue weighted by atomic mass is 9.76. The molecule has 0 aromatic rings. The number of likely N-dealkylation sites (tertiary alicyclic amines) is 1. The maximum atomic E-state index is 12.2. The monoisotopic (exact) mass is 270 g/mol. The number of nitrogens with one attached hydrogen (secondary N) is 1. The van der Waals surface area contributed by atoms with Crippen LogP contribution in [0.15, 0.2) is 0 Å². The molecular weight excluding hydrogens is 244 g/mol. The molecule has 19 heavy (non-hydrogen) atoms. The van der Waals surface area contributed by atoms with Crippen LogP contribution in [0.2, 0.25) is 0 Å². The summed E-state index contributed by atoms with van der Waals surface area (Å²) in [6.07, 6.45) is 0.989. The van der Waals surface area contributed by atoms with Crippen LogP contribution in [-0.2, 0) is 9.59 Å². The molecule has 1 aliphatic heterocycles. The first kappa shape index (κ1) is 16.0. The second kappa shape index (κ2) is 6.37. The first-order valence-corrected chi connectivity index (χ1v) is 7.08. The molecule has 0 saturated carbocycles. The number of hydrogen-bond acceptors (Lipinski definition) is 3. The smallest absolute Gasteiger partial charge is 0.311 e. The molecule has 110 valence electrons. The third kappa shape index (κ3) is 3.47. The van der Waals surface area contributed by atoms with Crippen LogP contribution in [0, 0.1) is 11.3 Å². The van der Waals surface area contributed by atoms with Gasteiger partial charge in [-0.25, -0.2) is 0 Å². The fraction of sp³-hybridized carbons (Fsp3) is 0.857. The van der Waals surface area contributed by atoms with Gasteiger partial charge in [-0.2, -0.15) is 0 Å². The normalized spacial score (nSPS) is 24.8. The summed E-state index contributed by atoms with van der Waals surface area (Å²) in [5, 5.41) is 12.7. The number of carbonyl (C=O) groups excluding carboxylic acids is 1. The van der Waals surface area contributed by atoms with Crippen molar-refractivity contribution in [2.75, 3.05) is 19.6 Å². The van der Waals surface area contributed by atoms with E-state index in [0.717, 1.165) is 6.54 Å². The van der Waals surface area contributed by atoms with Gasteiger partial charge in [-0.15, -0.1) is 0 Å². The molecule has 0 radical (unpaired) electrons. The van der Waals surface area contributed by atoms with Gasteiger partial charge in [0.25, 0.3) is 0 Å². The predicted octanol–water partition coefficient (Wildman–Crippen LogP) is 1.33. The second-order valence-electron chi connectivity index (χ2n) is 5.84. The summed E-state index contributed by atoms with van der Waals surface area (Å²) in [4.78, 5) is 25.4. The number of aliphatic carboxylic acids is 1. The standard InChI is InChI=1S/C14H26N2O3/c1-5-15-11(4)8-12(17)16-7-6-14(9-16,10(2)3)13(18)19/h10-11,15H,5-9H2,1-4H3,(H,18,19). The minimum absolute atomic E-state index is 0.0361. The number of rotatable bonds is 6. The largest absolute Gasteiger partial charge is 0.481 e. The fourth-order valence-corrected chi connectivity index (χ4v) is 2.75. The molecule has 1 fully saturated rings. The Morgan fingerprint density at radius 3 is 2.42 bits per heavy atom. The molecule has 2 atom stereocenters. The molecule has 1 rings (SSSR count). The molecule has 1 heterocycles. The molecule has 0 aromatic carbocycles. The highest BCUT2D eigenvalue weighted by molar-refractivity contribution is 5.81. The minimum Gasteiger partial charge on any atom is -0.481 e. The first-order chi connectivity index (χ1) is 8.83. The van der Waals surface area contributed by atoms with E-state index in [1.54, 1.807) is 4.90 Å². The molecule has 2 unspecified atom stereocenters. The zero-order chi connectivity index (χ0) is 14.6. The van der Waals surface area contributed by atoms with Crippen molar-refractivity contribution < 1.29 is 14.7 Å². The lowest BCUT2D eigenvalue weighted by Gasteiger charge is -2.29. The van der Waals surface area contributed by atoms with Gasteiger partial charge in [-0.05, 0) is 25.8 Å². The van der Waals surface area contributed by atoms with Gasteiger partial charge < -0.3 is 15.3 Å². The second-order valence-corrected chi connectivity index (χ2v) is 5.84. The van der Waals surface area contributed by atoms with E-state index in [1.165, 1.54) is 0 Å². The summed E-state index contributed by atoms with van der Waals surface area (Å²) >= 11 is 0. The van der Waals surface area contributed by atoms with Gasteiger partial charge in [0.15, 0.2) is 0 Å². The Morgan fingerprint density at radius 2 is 2.00 bits per heavy atom. The zero-order valence-electron chi connectivity index (χ0n) is 12.4. The van der Waals surface area contributed by atoms with Crippen LogP contribution < -0.4 is 5.32 Å². The van der Waals surface area contributed by atoms with Gasteiger partial charge in [0.1, 0.15) is 0 Å². The fourth-order valence-electron chi connectivity index (χ4n) is 2.75. The molecule has 0 bridgehead atoms. The quantitative estimate of drug-likeness (QED) is 0.764. The van der Waals surface area contributed by atoms with E-state index in [-0.39, 0.29) is 17.9 Å².